The lowest BCUT2D eigenvalue weighted by Crippen LogP contribution is -2.65. The van der Waals surface area contributed by atoms with E-state index >= 15 is 0 Å². The largest absolute Gasteiger partial charge is 0.507 e. The van der Waals surface area contributed by atoms with Gasteiger partial charge in [-0.3, -0.25) is 19.7 Å². The van der Waals surface area contributed by atoms with Gasteiger partial charge in [0, 0.05) is 106 Å². The molecule has 6 aliphatic heterocycles. The number of ether oxygens (including phenoxy) is 2. The zero-order valence-electron chi connectivity index (χ0n) is 34.3. The summed E-state index contributed by atoms with van der Waals surface area (Å²) in [4.78, 5) is 49.0. The molecular weight excluding hydrogens is 775 g/mol. The number of nitrogens with zero attached hydrogens (tertiary/aromatic N) is 7. The summed E-state index contributed by atoms with van der Waals surface area (Å²) >= 11 is 0. The highest BCUT2D eigenvalue weighted by Crippen LogP contribution is 2.41. The number of phenolic OH excluding ortho intramolecular Hbond substituents is 1. The molecule has 3 aromatic carbocycles. The second-order valence-electron chi connectivity index (χ2n) is 17.4. The first-order valence-electron chi connectivity index (χ1n) is 21.8. The first-order valence-corrected chi connectivity index (χ1v) is 21.8. The predicted octanol–water partition coefficient (Wildman–Crippen LogP) is 3.98. The van der Waals surface area contributed by atoms with E-state index in [2.05, 4.69) is 71.5 Å². The number of nitrogens with two attached hydrogens (primary N) is 1. The van der Waals surface area contributed by atoms with Crippen molar-refractivity contribution in [2.75, 3.05) is 84.4 Å². The van der Waals surface area contributed by atoms with Crippen molar-refractivity contribution in [1.29, 1.82) is 0 Å². The van der Waals surface area contributed by atoms with E-state index in [-0.39, 0.29) is 47.7 Å². The number of para-hydroxylation sites is 1. The maximum absolute atomic E-state index is 13.4. The molecule has 1 aromatic heterocycles. The van der Waals surface area contributed by atoms with Crippen LogP contribution in [0.2, 0.25) is 0 Å². The number of benzene rings is 3. The maximum atomic E-state index is 13.4. The van der Waals surface area contributed by atoms with Crippen molar-refractivity contribution >= 4 is 46.3 Å². The Morgan fingerprint density at radius 3 is 2.38 bits per heavy atom. The first-order chi connectivity index (χ1) is 29.8. The normalized spacial score (nSPS) is 23.1. The minimum Gasteiger partial charge on any atom is -0.507 e. The molecule has 318 valence electrons. The van der Waals surface area contributed by atoms with Crippen LogP contribution in [0.5, 0.6) is 11.5 Å². The van der Waals surface area contributed by atoms with Gasteiger partial charge in [-0.1, -0.05) is 24.3 Å². The molecule has 4 aromatic rings. The summed E-state index contributed by atoms with van der Waals surface area (Å²) in [6.45, 7) is 6.56. The van der Waals surface area contributed by atoms with E-state index in [4.69, 9.17) is 15.2 Å². The van der Waals surface area contributed by atoms with Crippen LogP contribution >= 0.6 is 0 Å². The Morgan fingerprint density at radius 2 is 1.59 bits per heavy atom. The third-order valence-corrected chi connectivity index (χ3v) is 13.5. The molecule has 6 aliphatic rings. The highest BCUT2D eigenvalue weighted by Gasteiger charge is 2.40. The van der Waals surface area contributed by atoms with E-state index in [1.165, 1.54) is 11.3 Å². The van der Waals surface area contributed by atoms with Crippen molar-refractivity contribution in [3.05, 3.63) is 78.4 Å². The molecule has 3 atom stereocenters. The molecule has 5 saturated heterocycles. The van der Waals surface area contributed by atoms with Gasteiger partial charge < -0.3 is 44.8 Å². The molecule has 0 unspecified atom stereocenters. The summed E-state index contributed by atoms with van der Waals surface area (Å²) in [6, 6.07) is 23.6. The number of fused-ring (bicyclic) bond motifs is 3. The summed E-state index contributed by atoms with van der Waals surface area (Å²) in [5.41, 5.74) is 13.1. The molecule has 15 nitrogen and oxygen atoms in total. The Hall–Kier alpha value is -6.09. The fourth-order valence-electron chi connectivity index (χ4n) is 10.4. The van der Waals surface area contributed by atoms with Gasteiger partial charge in [0.25, 0.3) is 0 Å². The minimum atomic E-state index is -0.298. The number of anilines is 5. The number of aromatic hydroxyl groups is 1. The van der Waals surface area contributed by atoms with Crippen molar-refractivity contribution in [3.63, 3.8) is 0 Å². The Morgan fingerprint density at radius 1 is 0.836 bits per heavy atom. The van der Waals surface area contributed by atoms with E-state index in [0.717, 1.165) is 68.1 Å². The Balaban J connectivity index is 0.696. The van der Waals surface area contributed by atoms with E-state index in [0.29, 0.717) is 81.6 Å². The lowest BCUT2D eigenvalue weighted by Gasteiger charge is -2.51. The van der Waals surface area contributed by atoms with Gasteiger partial charge in [-0.25, -0.2) is 0 Å². The molecule has 5 fully saturated rings. The van der Waals surface area contributed by atoms with Gasteiger partial charge in [0.2, 0.25) is 17.7 Å². The molecule has 10 rings (SSSR count). The average Bonchev–Trinajstić information content (AvgIpc) is 3.68. The van der Waals surface area contributed by atoms with Gasteiger partial charge in [0.15, 0.2) is 5.82 Å². The number of imide groups is 1. The first kappa shape index (κ1) is 39.1. The molecule has 4 N–H and O–H groups in total. The summed E-state index contributed by atoms with van der Waals surface area (Å²) in [5, 5.41) is 21.5. The number of morpholine rings is 1. The highest BCUT2D eigenvalue weighted by atomic mass is 16.5. The number of amides is 3. The fraction of sp³-hybridized carbons (Fsp3) is 0.457. The number of rotatable bonds is 10. The molecule has 7 heterocycles. The Bertz CT molecular complexity index is 2300. The molecular formula is C46H53N9O6. The SMILES string of the molecule is Nc1nnc(-c2ccccc2O)cc1N1C[C@H]2COC[C@@H](C1)N2c1cccc(OC2CCN(C(=O)CCC3CN(c4cccc5c4CCN5[C@@H]4CCC(=O)NC4=O)C3)CC2)c1. The van der Waals surface area contributed by atoms with Crippen molar-refractivity contribution < 1.29 is 29.0 Å². The molecule has 0 saturated carbocycles. The number of likely N-dealkylation sites (tertiary alicyclic amines) is 1. The average molecular weight is 828 g/mol. The fourth-order valence-corrected chi connectivity index (χ4v) is 10.4. The van der Waals surface area contributed by atoms with E-state index in [1.54, 1.807) is 12.1 Å². The molecule has 0 radical (unpaired) electrons. The van der Waals surface area contributed by atoms with Crippen LogP contribution in [0.15, 0.2) is 72.8 Å². The van der Waals surface area contributed by atoms with Gasteiger partial charge in [-0.15, -0.1) is 10.2 Å². The van der Waals surface area contributed by atoms with Crippen molar-refractivity contribution in [1.82, 2.24) is 20.4 Å². The number of piperidine rings is 2. The third kappa shape index (κ3) is 7.75. The molecule has 2 bridgehead atoms. The molecule has 3 amide bonds. The van der Waals surface area contributed by atoms with E-state index < -0.39 is 0 Å². The van der Waals surface area contributed by atoms with Gasteiger partial charge >= 0.3 is 0 Å². The quantitative estimate of drug-likeness (QED) is 0.197. The maximum Gasteiger partial charge on any atom is 0.249 e. The van der Waals surface area contributed by atoms with Crippen LogP contribution in [-0.2, 0) is 25.5 Å². The van der Waals surface area contributed by atoms with Crippen LogP contribution in [0.1, 0.15) is 44.1 Å². The number of carbonyl (C=O) groups excluding carboxylic acids is 3. The molecule has 0 aliphatic carbocycles. The summed E-state index contributed by atoms with van der Waals surface area (Å²) in [5.74, 6) is 1.66. The second-order valence-corrected chi connectivity index (χ2v) is 17.4. The summed E-state index contributed by atoms with van der Waals surface area (Å²) in [7, 11) is 0. The number of carbonyl (C=O) groups is 3. The number of hydrogen-bond donors (Lipinski definition) is 3. The Labute approximate surface area is 355 Å². The van der Waals surface area contributed by atoms with E-state index in [9.17, 15) is 19.5 Å². The summed E-state index contributed by atoms with van der Waals surface area (Å²) < 4.78 is 12.6. The van der Waals surface area contributed by atoms with Gasteiger partial charge in [-0.2, -0.15) is 0 Å². The second kappa shape index (κ2) is 16.4. The number of piperazine rings is 1. The molecule has 61 heavy (non-hydrogen) atoms. The lowest BCUT2D eigenvalue weighted by molar-refractivity contribution is -0.135. The standard InChI is InChI=1S/C46H53N9O6/c47-45-41(22-37(49-50-45)35-7-1-2-10-42(35)56)53-25-31-27-60-28-32(26-53)55(31)30-5-3-6-34(21-30)61-33-15-18-51(19-16-33)44(58)14-11-29-23-52(24-29)38-8-4-9-39-36(38)17-20-54(39)40-12-13-43(57)48-46(40)59/h1-10,21-22,29,31-33,40,56H,11-20,23-28H2,(H2,47,50)(H,48,57,59)/t31-,32+,40-/m1/s1. The van der Waals surface area contributed by atoms with Crippen LogP contribution < -0.4 is 35.4 Å². The number of nitrogens with one attached hydrogen (secondary N) is 1. The van der Waals surface area contributed by atoms with Crippen molar-refractivity contribution in [3.8, 4) is 22.8 Å². The highest BCUT2D eigenvalue weighted by molar-refractivity contribution is 6.02. The lowest BCUT2D eigenvalue weighted by atomic mass is 9.92. The van der Waals surface area contributed by atoms with Crippen LogP contribution in [-0.4, -0.2) is 121 Å². The topological polar surface area (TPSA) is 170 Å². The van der Waals surface area contributed by atoms with Gasteiger partial charge in [0.05, 0.1) is 36.7 Å². The number of aromatic nitrogens is 2. The minimum absolute atomic E-state index is 0.0399. The van der Waals surface area contributed by atoms with Crippen LogP contribution in [0.4, 0.5) is 28.6 Å². The number of hydrogen-bond acceptors (Lipinski definition) is 13. The van der Waals surface area contributed by atoms with Crippen molar-refractivity contribution in [2.24, 2.45) is 5.92 Å². The monoisotopic (exact) mass is 827 g/mol. The zero-order valence-corrected chi connectivity index (χ0v) is 34.3. The van der Waals surface area contributed by atoms with Crippen LogP contribution in [0.3, 0.4) is 0 Å². The molecule has 0 spiro atoms. The van der Waals surface area contributed by atoms with Crippen LogP contribution in [0, 0.1) is 5.92 Å². The Kier molecular flexibility index (Phi) is 10.5. The zero-order chi connectivity index (χ0) is 41.6. The van der Waals surface area contributed by atoms with Crippen LogP contribution in [0.25, 0.3) is 11.3 Å². The van der Waals surface area contributed by atoms with Gasteiger partial charge in [-0.05, 0) is 67.6 Å². The molecule has 15 heteroatoms. The van der Waals surface area contributed by atoms with Crippen molar-refractivity contribution in [2.45, 2.75) is 69.2 Å². The summed E-state index contributed by atoms with van der Waals surface area (Å²) in [6.07, 6.45) is 4.88. The smallest absolute Gasteiger partial charge is 0.249 e. The predicted molar refractivity (Wildman–Crippen MR) is 232 cm³/mol. The number of nitrogen functional groups attached to an aromatic ring is 1. The van der Waals surface area contributed by atoms with E-state index in [1.807, 2.05) is 29.2 Å². The number of phenols is 1. The van der Waals surface area contributed by atoms with Gasteiger partial charge in [0.1, 0.15) is 23.6 Å². The third-order valence-electron chi connectivity index (χ3n) is 13.5.